The molecule has 0 bridgehead atoms. The second kappa shape index (κ2) is 13.8. The molecule has 9 N–H and O–H groups in total. The van der Waals surface area contributed by atoms with Gasteiger partial charge in [-0.05, 0) is 54.1 Å². The van der Waals surface area contributed by atoms with E-state index in [9.17, 15) is 9.90 Å². The van der Waals surface area contributed by atoms with Crippen molar-refractivity contribution >= 4 is 29.5 Å². The van der Waals surface area contributed by atoms with Gasteiger partial charge in [-0.1, -0.05) is 6.07 Å². The van der Waals surface area contributed by atoms with Gasteiger partial charge in [0.05, 0.1) is 14.2 Å². The topological polar surface area (TPSA) is 228 Å². The van der Waals surface area contributed by atoms with Crippen LogP contribution in [-0.2, 0) is 4.79 Å². The summed E-state index contributed by atoms with van der Waals surface area (Å²) in [6.07, 6.45) is 2.10. The molecule has 3 aromatic carbocycles. The number of ether oxygens (including phenoxy) is 5. The van der Waals surface area contributed by atoms with Crippen LogP contribution in [0.4, 0.5) is 14.5 Å². The first-order valence-electron chi connectivity index (χ1n) is 12.9. The van der Waals surface area contributed by atoms with E-state index in [-0.39, 0.29) is 46.1 Å². The van der Waals surface area contributed by atoms with Crippen LogP contribution in [0.5, 0.6) is 52.0 Å². The lowest BCUT2D eigenvalue weighted by atomic mass is 10.1. The third-order valence-electron chi connectivity index (χ3n) is 5.89. The van der Waals surface area contributed by atoms with Gasteiger partial charge < -0.3 is 50.7 Å². The predicted molar refractivity (Wildman–Crippen MR) is 162 cm³/mol. The fourth-order valence-electron chi connectivity index (χ4n) is 3.84. The average molecular weight is 637 g/mol. The van der Waals surface area contributed by atoms with E-state index in [0.29, 0.717) is 11.3 Å². The Kier molecular flexibility index (Phi) is 9.71. The number of aliphatic carboxylic acids is 1. The molecule has 0 aliphatic carbocycles. The number of nitrogens with one attached hydrogen (secondary N) is 3. The lowest BCUT2D eigenvalue weighted by Crippen LogP contribution is -2.20. The first-order valence-corrected chi connectivity index (χ1v) is 12.9. The lowest BCUT2D eigenvalue weighted by molar-refractivity contribution is -0.131. The maximum absolute atomic E-state index is 16.0. The molecule has 4 aromatic rings. The fourth-order valence-corrected chi connectivity index (χ4v) is 3.84. The number of nitrogens with zero attached hydrogens (tertiary/aromatic N) is 1. The third kappa shape index (κ3) is 7.49. The zero-order valence-electron chi connectivity index (χ0n) is 24.1. The minimum Gasteiger partial charge on any atom is -0.504 e. The molecule has 0 saturated heterocycles. The highest BCUT2D eigenvalue weighted by Crippen LogP contribution is 2.46. The molecule has 1 aromatic heterocycles. The van der Waals surface area contributed by atoms with Gasteiger partial charge in [-0.2, -0.15) is 13.8 Å². The van der Waals surface area contributed by atoms with Gasteiger partial charge in [0.15, 0.2) is 29.0 Å². The van der Waals surface area contributed by atoms with Gasteiger partial charge >= 0.3 is 5.97 Å². The maximum Gasteiger partial charge on any atom is 0.328 e. The van der Waals surface area contributed by atoms with Gasteiger partial charge in [0.2, 0.25) is 23.1 Å². The normalized spacial score (nSPS) is 10.7. The van der Waals surface area contributed by atoms with Crippen LogP contribution in [0.1, 0.15) is 11.1 Å². The number of carboxylic acids is 1. The van der Waals surface area contributed by atoms with Crippen LogP contribution in [-0.4, -0.2) is 47.2 Å². The Bertz CT molecular complexity index is 1840. The van der Waals surface area contributed by atoms with E-state index in [1.807, 2.05) is 0 Å². The second-order valence-electron chi connectivity index (χ2n) is 9.07. The van der Waals surface area contributed by atoms with Gasteiger partial charge in [0.1, 0.15) is 11.6 Å². The Balaban J connectivity index is 1.88. The van der Waals surface area contributed by atoms with Gasteiger partial charge in [0.25, 0.3) is 11.8 Å². The number of anilines is 1. The van der Waals surface area contributed by atoms with E-state index in [2.05, 4.69) is 10.3 Å². The highest BCUT2D eigenvalue weighted by molar-refractivity contribution is 5.95. The van der Waals surface area contributed by atoms with E-state index in [1.54, 1.807) is 6.07 Å². The molecule has 0 saturated carbocycles. The van der Waals surface area contributed by atoms with Crippen molar-refractivity contribution in [1.82, 2.24) is 4.98 Å². The second-order valence-corrected chi connectivity index (χ2v) is 9.07. The number of amidine groups is 1. The number of aromatic nitrogens is 1. The molecule has 4 rings (SSSR count). The summed E-state index contributed by atoms with van der Waals surface area (Å²) in [7, 11) is 2.48. The number of pyridine rings is 1. The Labute approximate surface area is 259 Å². The number of guanidine groups is 1. The summed E-state index contributed by atoms with van der Waals surface area (Å²) in [5.41, 5.74) is 11.6. The van der Waals surface area contributed by atoms with Crippen molar-refractivity contribution in [3.8, 4) is 52.0 Å². The molecule has 0 aliphatic heterocycles. The van der Waals surface area contributed by atoms with E-state index in [4.69, 9.17) is 51.1 Å². The molecule has 0 fully saturated rings. The molecule has 238 valence electrons. The summed E-state index contributed by atoms with van der Waals surface area (Å²) in [6.45, 7) is 0. The van der Waals surface area contributed by atoms with Crippen molar-refractivity contribution < 1.29 is 47.5 Å². The van der Waals surface area contributed by atoms with Crippen LogP contribution in [0.2, 0.25) is 0 Å². The lowest BCUT2D eigenvalue weighted by Gasteiger charge is -2.18. The SMILES string of the molecule is COc1cc(/C=C/C(=O)O)cc(OC)c1Oc1c(F)c(Oc2cccc(NC(=N)N)c2)nc(Oc2cc(C(=N)N)ccc2O)c1F. The Morgan fingerprint density at radius 1 is 0.891 bits per heavy atom. The Hall–Kier alpha value is -6.58. The largest absolute Gasteiger partial charge is 0.504 e. The molecule has 16 heteroatoms. The van der Waals surface area contributed by atoms with E-state index < -0.39 is 40.9 Å². The number of carboxylic acid groups (broad SMARTS) is 1. The molecule has 0 amide bonds. The number of nitrogen functional groups attached to an aromatic ring is 1. The summed E-state index contributed by atoms with van der Waals surface area (Å²) in [5.74, 6) is -9.16. The number of phenolic OH excluding ortho intramolecular Hbond substituents is 1. The molecule has 0 radical (unpaired) electrons. The van der Waals surface area contributed by atoms with Crippen LogP contribution >= 0.6 is 0 Å². The van der Waals surface area contributed by atoms with E-state index in [0.717, 1.165) is 18.2 Å². The number of methoxy groups -OCH3 is 2. The number of hydrogen-bond donors (Lipinski definition) is 7. The van der Waals surface area contributed by atoms with Crippen LogP contribution in [0.25, 0.3) is 6.08 Å². The summed E-state index contributed by atoms with van der Waals surface area (Å²) < 4.78 is 59.5. The van der Waals surface area contributed by atoms with Gasteiger partial charge in [-0.15, -0.1) is 0 Å². The summed E-state index contributed by atoms with van der Waals surface area (Å²) in [5, 5.41) is 36.9. The number of halogens is 2. The minimum atomic E-state index is -1.48. The van der Waals surface area contributed by atoms with Gasteiger partial charge in [0, 0.05) is 23.4 Å². The highest BCUT2D eigenvalue weighted by atomic mass is 19.1. The average Bonchev–Trinajstić information content (AvgIpc) is 3.01. The minimum absolute atomic E-state index is 0.0210. The van der Waals surface area contributed by atoms with Crippen molar-refractivity contribution in [2.24, 2.45) is 11.5 Å². The zero-order valence-corrected chi connectivity index (χ0v) is 24.1. The molecule has 0 spiro atoms. The quantitative estimate of drug-likeness (QED) is 0.0609. The van der Waals surface area contributed by atoms with Crippen molar-refractivity contribution in [3.63, 3.8) is 0 Å². The monoisotopic (exact) mass is 636 g/mol. The number of nitrogens with two attached hydrogens (primary N) is 2. The summed E-state index contributed by atoms with van der Waals surface area (Å²) >= 11 is 0. The predicted octanol–water partition coefficient (Wildman–Crippen LogP) is 5.15. The Morgan fingerprint density at radius 2 is 1.54 bits per heavy atom. The number of aromatic hydroxyl groups is 1. The third-order valence-corrected chi connectivity index (χ3v) is 5.89. The number of carbonyl (C=O) groups is 1. The smallest absolute Gasteiger partial charge is 0.328 e. The molecular formula is C30H26F2N6O8. The molecule has 0 aliphatic rings. The van der Waals surface area contributed by atoms with E-state index in [1.165, 1.54) is 56.7 Å². The molecular weight excluding hydrogens is 610 g/mol. The first-order chi connectivity index (χ1) is 21.9. The first kappa shape index (κ1) is 32.3. The van der Waals surface area contributed by atoms with Crippen LogP contribution in [0, 0.1) is 22.5 Å². The van der Waals surface area contributed by atoms with Gasteiger partial charge in [-0.3, -0.25) is 10.8 Å². The highest BCUT2D eigenvalue weighted by Gasteiger charge is 2.29. The fraction of sp³-hybridized carbons (Fsp3) is 0.0667. The van der Waals surface area contributed by atoms with Crippen molar-refractivity contribution in [1.29, 1.82) is 10.8 Å². The molecule has 0 unspecified atom stereocenters. The van der Waals surface area contributed by atoms with Crippen LogP contribution in [0.3, 0.4) is 0 Å². The molecule has 46 heavy (non-hydrogen) atoms. The summed E-state index contributed by atoms with van der Waals surface area (Å²) in [4.78, 5) is 14.8. The van der Waals surface area contributed by atoms with Crippen molar-refractivity contribution in [3.05, 3.63) is 83.4 Å². The molecule has 0 atom stereocenters. The van der Waals surface area contributed by atoms with Crippen LogP contribution < -0.4 is 40.5 Å². The Morgan fingerprint density at radius 3 is 2.13 bits per heavy atom. The maximum atomic E-state index is 16.0. The summed E-state index contributed by atoms with van der Waals surface area (Å²) in [6, 6.07) is 12.1. The number of benzene rings is 3. The number of rotatable bonds is 12. The zero-order chi connectivity index (χ0) is 33.5. The van der Waals surface area contributed by atoms with Crippen molar-refractivity contribution in [2.75, 3.05) is 19.5 Å². The number of phenols is 1. The van der Waals surface area contributed by atoms with Crippen LogP contribution in [0.15, 0.2) is 60.7 Å². The molecule has 14 nitrogen and oxygen atoms in total. The van der Waals surface area contributed by atoms with Crippen molar-refractivity contribution in [2.45, 2.75) is 0 Å². The number of hydrogen-bond acceptors (Lipinski definition) is 10. The standard InChI is InChI=1S/C30H26F2N6O8/c1-42-20-10-14(6-9-22(40)41)11-21(43-2)25(20)46-26-23(31)28(44-17-5-3-4-16(13-17)37-30(35)36)38-29(24(26)32)45-19-12-15(27(33)34)7-8-18(19)39/h3-13,39H,1-2H3,(H3,33,34)(H,40,41)(H4,35,36,37)/b9-6+. The van der Waals surface area contributed by atoms with E-state index >= 15 is 8.78 Å². The molecule has 1 heterocycles. The van der Waals surface area contributed by atoms with Gasteiger partial charge in [-0.25, -0.2) is 4.79 Å².